The Hall–Kier alpha value is -2.59. The molecular formula is C24H22Cl4FN5O3. The second-order valence-corrected chi connectivity index (χ2v) is 9.95. The first kappa shape index (κ1) is 27.4. The average molecular weight is 589 g/mol. The summed E-state index contributed by atoms with van der Waals surface area (Å²) in [7, 11) is 1.70. The van der Waals surface area contributed by atoms with Gasteiger partial charge < -0.3 is 14.3 Å². The fourth-order valence-electron chi connectivity index (χ4n) is 3.61. The molecule has 0 N–H and O–H groups in total. The fraction of sp³-hybridized carbons (Fsp3) is 0.333. The zero-order chi connectivity index (χ0) is 26.4. The van der Waals surface area contributed by atoms with Crippen LogP contribution in [0.4, 0.5) is 4.39 Å². The molecule has 0 spiro atoms. The van der Waals surface area contributed by atoms with Crippen molar-refractivity contribution in [3.8, 4) is 22.9 Å². The topological polar surface area (TPSA) is 83.7 Å². The number of hydrogen-bond donors (Lipinski definition) is 0. The Morgan fingerprint density at radius 3 is 2.70 bits per heavy atom. The van der Waals surface area contributed by atoms with Crippen LogP contribution in [-0.2, 0) is 11.9 Å². The van der Waals surface area contributed by atoms with Crippen molar-refractivity contribution in [1.82, 2.24) is 20.2 Å². The Morgan fingerprint density at radius 2 is 1.97 bits per heavy atom. The lowest BCUT2D eigenvalue weighted by Crippen LogP contribution is -2.10. The van der Waals surface area contributed by atoms with Gasteiger partial charge >= 0.3 is 0 Å². The summed E-state index contributed by atoms with van der Waals surface area (Å²) in [6, 6.07) is 8.07. The van der Waals surface area contributed by atoms with E-state index in [1.807, 2.05) is 6.07 Å². The van der Waals surface area contributed by atoms with Crippen LogP contribution in [-0.4, -0.2) is 45.2 Å². The number of nitrogens with zero attached hydrogens (tertiary/aromatic N) is 5. The zero-order valence-corrected chi connectivity index (χ0v) is 22.7. The second-order valence-electron chi connectivity index (χ2n) is 8.13. The van der Waals surface area contributed by atoms with Gasteiger partial charge in [0.05, 0.1) is 29.4 Å². The third-order valence-corrected chi connectivity index (χ3v) is 6.34. The number of oxime groups is 1. The highest BCUT2D eigenvalue weighted by Crippen LogP contribution is 2.31. The van der Waals surface area contributed by atoms with Crippen LogP contribution in [0, 0.1) is 5.82 Å². The van der Waals surface area contributed by atoms with Gasteiger partial charge in [-0.05, 0) is 60.9 Å². The minimum atomic E-state index is -0.593. The summed E-state index contributed by atoms with van der Waals surface area (Å²) in [6.07, 6.45) is 4.26. The molecule has 1 unspecified atom stereocenters. The van der Waals surface area contributed by atoms with Crippen molar-refractivity contribution < 1.29 is 18.7 Å². The van der Waals surface area contributed by atoms with Crippen LogP contribution in [0.3, 0.4) is 0 Å². The SMILES string of the molecule is Cn1nnc(-c2ccc(OCCCCC3CC(c4cc(OCC=C(Cl)Cl)c(F)cc4Cl)=NO3)c(Cl)c2)n1. The van der Waals surface area contributed by atoms with Crippen LogP contribution in [0.1, 0.15) is 31.2 Å². The van der Waals surface area contributed by atoms with E-state index in [9.17, 15) is 4.39 Å². The van der Waals surface area contributed by atoms with E-state index in [-0.39, 0.29) is 28.0 Å². The standard InChI is InChI=1S/C24H22Cl4FN5O3/c1-34-31-24(30-33-34)14-5-6-21(18(26)10-14)35-8-3-2-4-15-11-20(32-37-15)16-12-22(19(29)13-17(16)25)36-9-7-23(27)28/h5-7,10,12-13,15H,2-4,8-9,11H2,1H3. The third-order valence-electron chi connectivity index (χ3n) is 5.42. The van der Waals surface area contributed by atoms with Crippen molar-refractivity contribution >= 4 is 52.1 Å². The molecule has 2 aromatic carbocycles. The lowest BCUT2D eigenvalue weighted by molar-refractivity contribution is 0.0762. The van der Waals surface area contributed by atoms with Gasteiger partial charge in [-0.15, -0.1) is 10.2 Å². The van der Waals surface area contributed by atoms with Crippen molar-refractivity contribution in [3.63, 3.8) is 0 Å². The van der Waals surface area contributed by atoms with E-state index in [1.54, 1.807) is 19.2 Å². The van der Waals surface area contributed by atoms with Gasteiger partial charge in [-0.3, -0.25) is 0 Å². The molecule has 0 fully saturated rings. The van der Waals surface area contributed by atoms with Crippen molar-refractivity contribution in [1.29, 1.82) is 0 Å². The van der Waals surface area contributed by atoms with E-state index >= 15 is 0 Å². The Morgan fingerprint density at radius 1 is 1.14 bits per heavy atom. The fourth-order valence-corrected chi connectivity index (χ4v) is 4.23. The van der Waals surface area contributed by atoms with E-state index in [2.05, 4.69) is 20.6 Å². The highest BCUT2D eigenvalue weighted by molar-refractivity contribution is 6.55. The number of tetrazole rings is 1. The predicted molar refractivity (Wildman–Crippen MR) is 141 cm³/mol. The number of halogens is 5. The molecule has 0 amide bonds. The van der Waals surface area contributed by atoms with Crippen LogP contribution in [0.15, 0.2) is 46.1 Å². The smallest absolute Gasteiger partial charge is 0.204 e. The molecule has 1 aliphatic rings. The Labute approximate surface area is 232 Å². The van der Waals surface area contributed by atoms with Gasteiger partial charge in [0, 0.05) is 17.5 Å². The lowest BCUT2D eigenvalue weighted by Gasteiger charge is -2.11. The van der Waals surface area contributed by atoms with Crippen LogP contribution in [0.2, 0.25) is 10.0 Å². The minimum Gasteiger partial charge on any atom is -0.492 e. The van der Waals surface area contributed by atoms with Crippen LogP contribution < -0.4 is 9.47 Å². The quantitative estimate of drug-likeness (QED) is 0.230. The lowest BCUT2D eigenvalue weighted by atomic mass is 10.0. The Balaban J connectivity index is 1.22. The maximum atomic E-state index is 14.2. The van der Waals surface area contributed by atoms with Crippen molar-refractivity contribution in [2.45, 2.75) is 31.8 Å². The largest absolute Gasteiger partial charge is 0.492 e. The molecule has 8 nitrogen and oxygen atoms in total. The summed E-state index contributed by atoms with van der Waals surface area (Å²) in [5, 5.41) is 16.8. The van der Waals surface area contributed by atoms with E-state index < -0.39 is 5.82 Å². The number of unbranched alkanes of at least 4 members (excludes halogenated alkanes) is 1. The number of aryl methyl sites for hydroxylation is 1. The molecule has 196 valence electrons. The molecule has 2 heterocycles. The van der Waals surface area contributed by atoms with Crippen molar-refractivity contribution in [3.05, 3.63) is 62.3 Å². The Bertz CT molecular complexity index is 1310. The molecule has 0 radical (unpaired) electrons. The molecule has 1 aliphatic heterocycles. The van der Waals surface area contributed by atoms with Crippen LogP contribution in [0.5, 0.6) is 11.5 Å². The molecular weight excluding hydrogens is 567 g/mol. The van der Waals surface area contributed by atoms with Gasteiger partial charge in [0.15, 0.2) is 11.6 Å². The molecule has 3 aromatic rings. The summed E-state index contributed by atoms with van der Waals surface area (Å²) in [5.74, 6) is 0.509. The van der Waals surface area contributed by atoms with Crippen LogP contribution in [0.25, 0.3) is 11.4 Å². The average Bonchev–Trinajstić information content (AvgIpc) is 3.50. The molecule has 4 rings (SSSR count). The highest BCUT2D eigenvalue weighted by Gasteiger charge is 2.25. The minimum absolute atomic E-state index is 0.0161. The van der Waals surface area contributed by atoms with Gasteiger partial charge in [-0.2, -0.15) is 4.80 Å². The van der Waals surface area contributed by atoms with E-state index in [1.165, 1.54) is 23.0 Å². The van der Waals surface area contributed by atoms with Crippen LogP contribution >= 0.6 is 46.4 Å². The number of hydrogen-bond acceptors (Lipinski definition) is 7. The molecule has 37 heavy (non-hydrogen) atoms. The van der Waals surface area contributed by atoms with Crippen molar-refractivity contribution in [2.75, 3.05) is 13.2 Å². The number of ether oxygens (including phenoxy) is 2. The first-order valence-corrected chi connectivity index (χ1v) is 12.8. The van der Waals surface area contributed by atoms with E-state index in [4.69, 9.17) is 60.7 Å². The summed E-state index contributed by atoms with van der Waals surface area (Å²) in [6.45, 7) is 0.510. The summed E-state index contributed by atoms with van der Waals surface area (Å²) < 4.78 is 25.5. The molecule has 0 saturated heterocycles. The van der Waals surface area contributed by atoms with Gasteiger partial charge in [0.2, 0.25) is 5.82 Å². The van der Waals surface area contributed by atoms with E-state index in [0.717, 1.165) is 24.8 Å². The first-order chi connectivity index (χ1) is 17.8. The van der Waals surface area contributed by atoms with Gasteiger partial charge in [-0.1, -0.05) is 51.6 Å². The monoisotopic (exact) mass is 587 g/mol. The number of benzene rings is 2. The highest BCUT2D eigenvalue weighted by atomic mass is 35.5. The number of rotatable bonds is 11. The Kier molecular flexibility index (Phi) is 9.48. The van der Waals surface area contributed by atoms with Crippen molar-refractivity contribution in [2.24, 2.45) is 12.2 Å². The molecule has 0 bridgehead atoms. The summed E-state index contributed by atoms with van der Waals surface area (Å²) in [4.78, 5) is 6.95. The maximum absolute atomic E-state index is 14.2. The zero-order valence-electron chi connectivity index (χ0n) is 19.6. The second kappa shape index (κ2) is 12.8. The maximum Gasteiger partial charge on any atom is 0.204 e. The molecule has 0 saturated carbocycles. The van der Waals surface area contributed by atoms with Gasteiger partial charge in [0.25, 0.3) is 0 Å². The normalized spacial score (nSPS) is 14.8. The summed E-state index contributed by atoms with van der Waals surface area (Å²) >= 11 is 23.7. The summed E-state index contributed by atoms with van der Waals surface area (Å²) in [5.41, 5.74) is 1.95. The molecule has 13 heteroatoms. The predicted octanol–water partition coefficient (Wildman–Crippen LogP) is 6.76. The molecule has 1 aromatic heterocycles. The van der Waals surface area contributed by atoms with Gasteiger partial charge in [0.1, 0.15) is 23.0 Å². The first-order valence-electron chi connectivity index (χ1n) is 11.3. The van der Waals surface area contributed by atoms with E-state index in [0.29, 0.717) is 40.9 Å². The molecule has 0 aliphatic carbocycles. The third kappa shape index (κ3) is 7.47. The molecule has 1 atom stereocenters. The number of aromatic nitrogens is 4. The van der Waals surface area contributed by atoms with Gasteiger partial charge in [-0.25, -0.2) is 4.39 Å².